The van der Waals surface area contributed by atoms with Crippen LogP contribution in [0.15, 0.2) is 22.0 Å². The molecule has 0 unspecified atom stereocenters. The highest BCUT2D eigenvalue weighted by Gasteiger charge is 2.07. The summed E-state index contributed by atoms with van der Waals surface area (Å²) in [4.78, 5) is 11.2. The van der Waals surface area contributed by atoms with Crippen molar-refractivity contribution in [3.05, 3.63) is 26.9 Å². The van der Waals surface area contributed by atoms with Crippen molar-refractivity contribution >= 4 is 44.9 Å². The SMILES string of the molecule is CN(Cc1cc(Br)cs1)c1cc(N)nc(N)n1. The number of nitrogens with two attached hydrogens (primary N) is 2. The van der Waals surface area contributed by atoms with Crippen LogP contribution in [-0.2, 0) is 6.54 Å². The van der Waals surface area contributed by atoms with Gasteiger partial charge in [0, 0.05) is 27.8 Å². The van der Waals surface area contributed by atoms with Crippen LogP contribution in [0, 0.1) is 0 Å². The molecule has 0 atom stereocenters. The summed E-state index contributed by atoms with van der Waals surface area (Å²) in [5.41, 5.74) is 11.2. The predicted octanol–water partition coefficient (Wildman–Crippen LogP) is 2.10. The van der Waals surface area contributed by atoms with E-state index in [2.05, 4.69) is 32.0 Å². The van der Waals surface area contributed by atoms with Crippen LogP contribution in [0.2, 0.25) is 0 Å². The fourth-order valence-electron chi connectivity index (χ4n) is 1.42. The van der Waals surface area contributed by atoms with Crippen LogP contribution in [0.4, 0.5) is 17.6 Å². The van der Waals surface area contributed by atoms with Crippen LogP contribution in [0.1, 0.15) is 4.88 Å². The molecule has 0 fully saturated rings. The predicted molar refractivity (Wildman–Crippen MR) is 75.0 cm³/mol. The summed E-state index contributed by atoms with van der Waals surface area (Å²) in [6, 6.07) is 3.79. The minimum Gasteiger partial charge on any atom is -0.383 e. The summed E-state index contributed by atoms with van der Waals surface area (Å²) in [5.74, 6) is 1.30. The Hall–Kier alpha value is -1.34. The van der Waals surface area contributed by atoms with E-state index >= 15 is 0 Å². The second-order valence-electron chi connectivity index (χ2n) is 3.60. The Labute approximate surface area is 112 Å². The van der Waals surface area contributed by atoms with Crippen molar-refractivity contribution in [1.82, 2.24) is 9.97 Å². The van der Waals surface area contributed by atoms with Crippen molar-refractivity contribution < 1.29 is 0 Å². The molecule has 0 aromatic carbocycles. The Morgan fingerprint density at radius 3 is 2.71 bits per heavy atom. The van der Waals surface area contributed by atoms with Gasteiger partial charge in [0.15, 0.2) is 0 Å². The topological polar surface area (TPSA) is 81.1 Å². The summed E-state index contributed by atoms with van der Waals surface area (Å²) in [5, 5.41) is 2.05. The highest BCUT2D eigenvalue weighted by Crippen LogP contribution is 2.23. The lowest BCUT2D eigenvalue weighted by atomic mass is 10.4. The summed E-state index contributed by atoms with van der Waals surface area (Å²) in [6.07, 6.45) is 0. The highest BCUT2D eigenvalue weighted by atomic mass is 79.9. The van der Waals surface area contributed by atoms with Gasteiger partial charge in [0.2, 0.25) is 5.95 Å². The molecule has 2 rings (SSSR count). The van der Waals surface area contributed by atoms with Gasteiger partial charge in [0.05, 0.1) is 6.54 Å². The van der Waals surface area contributed by atoms with Gasteiger partial charge in [-0.1, -0.05) is 0 Å². The van der Waals surface area contributed by atoms with Gasteiger partial charge < -0.3 is 16.4 Å². The summed E-state index contributed by atoms with van der Waals surface area (Å²) in [7, 11) is 1.94. The van der Waals surface area contributed by atoms with E-state index in [1.165, 1.54) is 4.88 Å². The van der Waals surface area contributed by atoms with Crippen LogP contribution < -0.4 is 16.4 Å². The molecule has 0 amide bonds. The van der Waals surface area contributed by atoms with E-state index in [0.29, 0.717) is 5.82 Å². The minimum absolute atomic E-state index is 0.194. The van der Waals surface area contributed by atoms with Crippen molar-refractivity contribution in [3.63, 3.8) is 0 Å². The van der Waals surface area contributed by atoms with E-state index in [9.17, 15) is 0 Å². The molecule has 2 heterocycles. The Morgan fingerprint density at radius 2 is 2.12 bits per heavy atom. The smallest absolute Gasteiger partial charge is 0.223 e. The summed E-state index contributed by atoms with van der Waals surface area (Å²) >= 11 is 5.11. The zero-order valence-corrected chi connectivity index (χ0v) is 11.6. The maximum absolute atomic E-state index is 5.63. The van der Waals surface area contributed by atoms with Crippen molar-refractivity contribution in [2.24, 2.45) is 0 Å². The lowest BCUT2D eigenvalue weighted by Crippen LogP contribution is -2.18. The highest BCUT2D eigenvalue weighted by molar-refractivity contribution is 9.10. The van der Waals surface area contributed by atoms with Gasteiger partial charge in [-0.15, -0.1) is 11.3 Å². The quantitative estimate of drug-likeness (QED) is 0.907. The van der Waals surface area contributed by atoms with Gasteiger partial charge in [-0.25, -0.2) is 0 Å². The first-order valence-corrected chi connectivity index (χ1v) is 6.56. The van der Waals surface area contributed by atoms with Crippen LogP contribution >= 0.6 is 27.3 Å². The second kappa shape index (κ2) is 4.89. The molecule has 0 aliphatic rings. The first kappa shape index (κ1) is 12.1. The Morgan fingerprint density at radius 1 is 1.35 bits per heavy atom. The molecule has 0 spiro atoms. The zero-order valence-electron chi connectivity index (χ0n) is 9.22. The average Bonchev–Trinajstić information content (AvgIpc) is 2.62. The molecular formula is C10H12BrN5S. The Bertz CT molecular complexity index is 507. The van der Waals surface area contributed by atoms with Crippen LogP contribution in [0.25, 0.3) is 0 Å². The number of hydrogen-bond acceptors (Lipinski definition) is 6. The van der Waals surface area contributed by atoms with E-state index in [0.717, 1.165) is 16.8 Å². The largest absolute Gasteiger partial charge is 0.383 e. The molecule has 4 N–H and O–H groups in total. The molecule has 5 nitrogen and oxygen atoms in total. The lowest BCUT2D eigenvalue weighted by molar-refractivity contribution is 0.908. The number of nitrogens with zero attached hydrogens (tertiary/aromatic N) is 3. The van der Waals surface area contributed by atoms with Crippen LogP contribution in [-0.4, -0.2) is 17.0 Å². The van der Waals surface area contributed by atoms with E-state index in [1.807, 2.05) is 17.3 Å². The number of nitrogen functional groups attached to an aromatic ring is 2. The molecule has 0 saturated heterocycles. The van der Waals surface area contributed by atoms with Crippen molar-refractivity contribution in [1.29, 1.82) is 0 Å². The van der Waals surface area contributed by atoms with Gasteiger partial charge in [-0.2, -0.15) is 9.97 Å². The molecule has 2 aromatic heterocycles. The van der Waals surface area contributed by atoms with E-state index < -0.39 is 0 Å². The van der Waals surface area contributed by atoms with E-state index in [1.54, 1.807) is 17.4 Å². The third-order valence-corrected chi connectivity index (χ3v) is 3.84. The van der Waals surface area contributed by atoms with Gasteiger partial charge in [0.1, 0.15) is 11.6 Å². The van der Waals surface area contributed by atoms with Crippen molar-refractivity contribution in [2.75, 3.05) is 23.4 Å². The molecule has 0 aliphatic carbocycles. The molecule has 0 bridgehead atoms. The third kappa shape index (κ3) is 3.07. The molecule has 0 saturated carbocycles. The molecule has 0 aliphatic heterocycles. The zero-order chi connectivity index (χ0) is 12.4. The third-order valence-electron chi connectivity index (χ3n) is 2.16. The number of aromatic nitrogens is 2. The number of hydrogen-bond donors (Lipinski definition) is 2. The molecule has 2 aromatic rings. The lowest BCUT2D eigenvalue weighted by Gasteiger charge is -2.17. The molecular weight excluding hydrogens is 302 g/mol. The van der Waals surface area contributed by atoms with E-state index in [-0.39, 0.29) is 5.95 Å². The average molecular weight is 314 g/mol. The first-order chi connectivity index (χ1) is 8.04. The number of anilines is 3. The van der Waals surface area contributed by atoms with Crippen LogP contribution in [0.5, 0.6) is 0 Å². The molecule has 0 radical (unpaired) electrons. The number of thiophene rings is 1. The Balaban J connectivity index is 2.16. The minimum atomic E-state index is 0.194. The van der Waals surface area contributed by atoms with Gasteiger partial charge in [0.25, 0.3) is 0 Å². The fraction of sp³-hybridized carbons (Fsp3) is 0.200. The number of rotatable bonds is 3. The van der Waals surface area contributed by atoms with Gasteiger partial charge in [-0.05, 0) is 22.0 Å². The second-order valence-corrected chi connectivity index (χ2v) is 5.51. The van der Waals surface area contributed by atoms with Crippen LogP contribution in [0.3, 0.4) is 0 Å². The fourth-order valence-corrected chi connectivity index (χ4v) is 2.92. The first-order valence-electron chi connectivity index (χ1n) is 4.88. The summed E-state index contributed by atoms with van der Waals surface area (Å²) in [6.45, 7) is 0.756. The molecule has 7 heteroatoms. The number of halogens is 1. The monoisotopic (exact) mass is 313 g/mol. The summed E-state index contributed by atoms with van der Waals surface area (Å²) < 4.78 is 1.09. The Kier molecular flexibility index (Phi) is 3.49. The molecule has 90 valence electrons. The maximum atomic E-state index is 5.63. The van der Waals surface area contributed by atoms with Crippen molar-refractivity contribution in [3.8, 4) is 0 Å². The van der Waals surface area contributed by atoms with Gasteiger partial charge in [-0.3, -0.25) is 0 Å². The van der Waals surface area contributed by atoms with Gasteiger partial charge >= 0.3 is 0 Å². The normalized spacial score (nSPS) is 10.5. The standard InChI is InChI=1S/C10H12BrN5S/c1-16(4-7-2-6(11)5-17-7)9-3-8(12)14-10(13)15-9/h2-3,5H,4H2,1H3,(H4,12,13,14,15). The molecule has 17 heavy (non-hydrogen) atoms. The van der Waals surface area contributed by atoms with E-state index in [4.69, 9.17) is 11.5 Å². The van der Waals surface area contributed by atoms with Crippen molar-refractivity contribution in [2.45, 2.75) is 6.54 Å². The maximum Gasteiger partial charge on any atom is 0.223 e.